The molecular weight excluding hydrogens is 393 g/mol. The lowest BCUT2D eigenvalue weighted by molar-refractivity contribution is 0.416. The molecule has 7 heteroatoms. The molecule has 158 valence electrons. The number of nitrogens with two attached hydrogens (primary N) is 2. The minimum atomic E-state index is -0.523. The maximum Gasteiger partial charge on any atom is 0.220 e. The number of nitrogens with zero attached hydrogens (tertiary/aromatic N) is 3. The van der Waals surface area contributed by atoms with Crippen LogP contribution in [0.25, 0.3) is 0 Å². The Labute approximate surface area is 181 Å². The first-order valence-electron chi connectivity index (χ1n) is 10.2. The predicted molar refractivity (Wildman–Crippen MR) is 125 cm³/mol. The summed E-state index contributed by atoms with van der Waals surface area (Å²) in [5.41, 5.74) is 12.5. The van der Waals surface area contributed by atoms with E-state index in [0.717, 1.165) is 18.5 Å². The van der Waals surface area contributed by atoms with Crippen LogP contribution >= 0.6 is 24.0 Å². The van der Waals surface area contributed by atoms with Gasteiger partial charge in [0.25, 0.3) is 0 Å². The number of hydrogen-bond acceptors (Lipinski definition) is 5. The number of unbranched alkanes of at least 4 members (excludes halogenated alkanes) is 8. The highest BCUT2D eigenvalue weighted by Gasteiger charge is 2.36. The Balaban J connectivity index is 0.00000392. The van der Waals surface area contributed by atoms with Crippen LogP contribution in [0.1, 0.15) is 78.1 Å². The van der Waals surface area contributed by atoms with Gasteiger partial charge in [-0.2, -0.15) is 4.99 Å². The lowest BCUT2D eigenvalue weighted by atomic mass is 9.99. The van der Waals surface area contributed by atoms with E-state index in [1.54, 1.807) is 0 Å². The second-order valence-corrected chi connectivity index (χ2v) is 7.98. The first kappa shape index (κ1) is 24.6. The van der Waals surface area contributed by atoms with Crippen molar-refractivity contribution in [2.45, 2.75) is 83.7 Å². The average molecular weight is 428 g/mol. The monoisotopic (exact) mass is 427 g/mol. The molecule has 0 aliphatic carbocycles. The third-order valence-corrected chi connectivity index (χ3v) is 5.39. The summed E-state index contributed by atoms with van der Waals surface area (Å²) >= 11 is 6.03. The molecule has 0 saturated carbocycles. The van der Waals surface area contributed by atoms with Crippen molar-refractivity contribution >= 4 is 41.6 Å². The standard InChI is InChI=1S/C21H34ClN5.ClH/c1-3-4-5-6-7-8-9-10-11-16-21(2)26-19(23)25-20(24)27(21)18-14-12-17(22)13-15-18;/h12-15H,3-11,16H2,1-2H3,(H4,23,24,25,26);1H. The molecule has 1 heterocycles. The molecule has 1 aliphatic heterocycles. The molecule has 0 amide bonds. The number of guanidine groups is 2. The molecule has 28 heavy (non-hydrogen) atoms. The topological polar surface area (TPSA) is 80.0 Å². The zero-order chi connectivity index (χ0) is 19.7. The quantitative estimate of drug-likeness (QED) is 0.434. The number of anilines is 1. The first-order valence-corrected chi connectivity index (χ1v) is 10.6. The predicted octanol–water partition coefficient (Wildman–Crippen LogP) is 5.85. The van der Waals surface area contributed by atoms with Gasteiger partial charge in [0.15, 0.2) is 0 Å². The Morgan fingerprint density at radius 3 is 2.04 bits per heavy atom. The highest BCUT2D eigenvalue weighted by atomic mass is 35.5. The van der Waals surface area contributed by atoms with Gasteiger partial charge in [0.2, 0.25) is 11.9 Å². The highest BCUT2D eigenvalue weighted by Crippen LogP contribution is 2.32. The molecule has 0 bridgehead atoms. The zero-order valence-corrected chi connectivity index (χ0v) is 18.7. The van der Waals surface area contributed by atoms with E-state index in [-0.39, 0.29) is 18.4 Å². The highest BCUT2D eigenvalue weighted by molar-refractivity contribution is 6.30. The van der Waals surface area contributed by atoms with Gasteiger partial charge in [-0.25, -0.2) is 4.99 Å². The Morgan fingerprint density at radius 1 is 0.929 bits per heavy atom. The van der Waals surface area contributed by atoms with Gasteiger partial charge >= 0.3 is 0 Å². The summed E-state index contributed by atoms with van der Waals surface area (Å²) in [6.45, 7) is 4.33. The van der Waals surface area contributed by atoms with Crippen molar-refractivity contribution in [3.05, 3.63) is 29.3 Å². The van der Waals surface area contributed by atoms with E-state index in [9.17, 15) is 0 Å². The van der Waals surface area contributed by atoms with E-state index < -0.39 is 5.66 Å². The maximum atomic E-state index is 6.21. The lowest BCUT2D eigenvalue weighted by Crippen LogP contribution is -2.56. The zero-order valence-electron chi connectivity index (χ0n) is 17.2. The third-order valence-electron chi connectivity index (χ3n) is 5.13. The van der Waals surface area contributed by atoms with Crippen LogP contribution in [0.4, 0.5) is 5.69 Å². The number of aliphatic imine (C=N–C) groups is 2. The number of rotatable bonds is 11. The van der Waals surface area contributed by atoms with Crippen LogP contribution in [0.5, 0.6) is 0 Å². The average Bonchev–Trinajstić information content (AvgIpc) is 2.61. The molecule has 1 atom stereocenters. The second-order valence-electron chi connectivity index (χ2n) is 7.55. The van der Waals surface area contributed by atoms with Crippen molar-refractivity contribution in [2.24, 2.45) is 21.5 Å². The van der Waals surface area contributed by atoms with Crippen molar-refractivity contribution in [1.29, 1.82) is 0 Å². The largest absolute Gasteiger partial charge is 0.369 e. The molecule has 0 saturated heterocycles. The number of hydrogen-bond donors (Lipinski definition) is 2. The molecule has 1 unspecified atom stereocenters. The van der Waals surface area contributed by atoms with E-state index in [0.29, 0.717) is 11.0 Å². The van der Waals surface area contributed by atoms with Crippen molar-refractivity contribution in [1.82, 2.24) is 0 Å². The van der Waals surface area contributed by atoms with E-state index >= 15 is 0 Å². The summed E-state index contributed by atoms with van der Waals surface area (Å²) < 4.78 is 0. The summed E-state index contributed by atoms with van der Waals surface area (Å²) in [6.07, 6.45) is 12.5. The SMILES string of the molecule is CCCCCCCCCCCC1(C)N=C(N)N=C(N)N1c1ccc(Cl)cc1.Cl. The fourth-order valence-corrected chi connectivity index (χ4v) is 3.80. The Hall–Kier alpha value is -1.46. The second kappa shape index (κ2) is 12.2. The van der Waals surface area contributed by atoms with E-state index in [2.05, 4.69) is 23.8 Å². The molecule has 1 aliphatic rings. The van der Waals surface area contributed by atoms with Crippen molar-refractivity contribution < 1.29 is 0 Å². The van der Waals surface area contributed by atoms with Crippen molar-refractivity contribution in [3.63, 3.8) is 0 Å². The van der Waals surface area contributed by atoms with Gasteiger partial charge in [-0.05, 0) is 44.0 Å². The fourth-order valence-electron chi connectivity index (χ4n) is 3.67. The molecule has 0 spiro atoms. The van der Waals surface area contributed by atoms with Crippen molar-refractivity contribution in [2.75, 3.05) is 4.90 Å². The van der Waals surface area contributed by atoms with Crippen LogP contribution in [-0.4, -0.2) is 17.6 Å². The normalized spacial score (nSPS) is 19.0. The molecule has 0 fully saturated rings. The van der Waals surface area contributed by atoms with E-state index in [1.165, 1.54) is 51.4 Å². The minimum absolute atomic E-state index is 0. The van der Waals surface area contributed by atoms with Gasteiger partial charge in [-0.3, -0.25) is 4.90 Å². The summed E-state index contributed by atoms with van der Waals surface area (Å²) in [7, 11) is 0. The molecule has 0 aromatic heterocycles. The molecule has 1 aromatic rings. The molecular formula is C21H35Cl2N5. The lowest BCUT2D eigenvalue weighted by Gasteiger charge is -2.41. The molecule has 5 nitrogen and oxygen atoms in total. The van der Waals surface area contributed by atoms with E-state index in [1.807, 2.05) is 29.2 Å². The van der Waals surface area contributed by atoms with Crippen LogP contribution in [0.3, 0.4) is 0 Å². The third kappa shape index (κ3) is 7.17. The van der Waals surface area contributed by atoms with Gasteiger partial charge in [0.05, 0.1) is 0 Å². The van der Waals surface area contributed by atoms with E-state index in [4.69, 9.17) is 23.1 Å². The first-order chi connectivity index (χ1) is 13.0. The van der Waals surface area contributed by atoms with Gasteiger partial charge in [0, 0.05) is 10.7 Å². The van der Waals surface area contributed by atoms with Gasteiger partial charge in [0.1, 0.15) is 5.66 Å². The summed E-state index contributed by atoms with van der Waals surface area (Å²) in [6, 6.07) is 7.59. The number of benzene rings is 1. The summed E-state index contributed by atoms with van der Waals surface area (Å²) in [5.74, 6) is 0.624. The van der Waals surface area contributed by atoms with Gasteiger partial charge in [-0.1, -0.05) is 69.9 Å². The maximum absolute atomic E-state index is 6.21. The van der Waals surface area contributed by atoms with Crippen LogP contribution in [0, 0.1) is 0 Å². The van der Waals surface area contributed by atoms with Crippen molar-refractivity contribution in [3.8, 4) is 0 Å². The molecule has 0 radical (unpaired) electrons. The van der Waals surface area contributed by atoms with Crippen LogP contribution in [0.15, 0.2) is 34.3 Å². The van der Waals surface area contributed by atoms with Gasteiger partial charge in [-0.15, -0.1) is 12.4 Å². The number of halogens is 2. The molecule has 1 aromatic carbocycles. The van der Waals surface area contributed by atoms with Crippen LogP contribution in [-0.2, 0) is 0 Å². The molecule has 2 rings (SSSR count). The summed E-state index contributed by atoms with van der Waals surface area (Å²) in [5, 5.41) is 0.690. The van der Waals surface area contributed by atoms with Gasteiger partial charge < -0.3 is 11.5 Å². The Kier molecular flexibility index (Phi) is 10.7. The molecule has 4 N–H and O–H groups in total. The Bertz CT molecular complexity index is 645. The summed E-state index contributed by atoms with van der Waals surface area (Å²) in [4.78, 5) is 10.8. The smallest absolute Gasteiger partial charge is 0.220 e. The van der Waals surface area contributed by atoms with Crippen LogP contribution in [0.2, 0.25) is 5.02 Å². The fraction of sp³-hybridized carbons (Fsp3) is 0.619. The minimum Gasteiger partial charge on any atom is -0.369 e. The van der Waals surface area contributed by atoms with Crippen LogP contribution < -0.4 is 16.4 Å². The Morgan fingerprint density at radius 2 is 1.46 bits per heavy atom.